The Labute approximate surface area is 171 Å². The molecule has 9 heteroatoms. The summed E-state index contributed by atoms with van der Waals surface area (Å²) in [5.74, 6) is -0.588. The topological polar surface area (TPSA) is 88.1 Å². The van der Waals surface area contributed by atoms with Crippen molar-refractivity contribution in [3.05, 3.63) is 63.6 Å². The fourth-order valence-corrected chi connectivity index (χ4v) is 3.95. The van der Waals surface area contributed by atoms with E-state index in [1.165, 1.54) is 16.2 Å². The van der Waals surface area contributed by atoms with Gasteiger partial charge >= 0.3 is 0 Å². The molecule has 3 aromatic heterocycles. The van der Waals surface area contributed by atoms with Crippen LogP contribution in [0.1, 0.15) is 47.7 Å². The molecule has 0 spiro atoms. The number of pyridine rings is 1. The quantitative estimate of drug-likeness (QED) is 0.667. The molecular formula is C19H21N5O2S2. The zero-order valence-corrected chi connectivity index (χ0v) is 17.5. The predicted molar refractivity (Wildman–Crippen MR) is 109 cm³/mol. The van der Waals surface area contributed by atoms with E-state index in [4.69, 9.17) is 0 Å². The molecule has 2 amide bonds. The number of nitrogens with zero attached hydrogens (tertiary/aromatic N) is 4. The smallest absolute Gasteiger partial charge is 0.276 e. The molecule has 0 bridgehead atoms. The van der Waals surface area contributed by atoms with Gasteiger partial charge in [0.2, 0.25) is 5.91 Å². The van der Waals surface area contributed by atoms with Crippen molar-refractivity contribution in [1.82, 2.24) is 24.8 Å². The van der Waals surface area contributed by atoms with Crippen molar-refractivity contribution in [3.63, 3.8) is 0 Å². The molecule has 0 aliphatic heterocycles. The van der Waals surface area contributed by atoms with Crippen LogP contribution in [-0.4, -0.2) is 36.8 Å². The summed E-state index contributed by atoms with van der Waals surface area (Å²) in [5, 5.41) is 10.4. The molecule has 0 fully saturated rings. The van der Waals surface area contributed by atoms with Crippen LogP contribution in [0.15, 0.2) is 47.4 Å². The molecule has 0 aliphatic rings. The summed E-state index contributed by atoms with van der Waals surface area (Å²) in [5.41, 5.74) is 0.612. The molecule has 3 heterocycles. The van der Waals surface area contributed by atoms with Gasteiger partial charge < -0.3 is 10.2 Å². The molecule has 1 atom stereocenters. The van der Waals surface area contributed by atoms with Gasteiger partial charge in [-0.25, -0.2) is 0 Å². The number of carbonyl (C=O) groups excluding carboxylic acids is 2. The molecule has 1 unspecified atom stereocenters. The molecule has 0 saturated heterocycles. The van der Waals surface area contributed by atoms with Crippen LogP contribution in [0.2, 0.25) is 0 Å². The fourth-order valence-electron chi connectivity index (χ4n) is 2.68. The Morgan fingerprint density at radius 3 is 2.64 bits per heavy atom. The van der Waals surface area contributed by atoms with Crippen LogP contribution in [0.4, 0.5) is 0 Å². The number of thiophene rings is 1. The van der Waals surface area contributed by atoms with Crippen molar-refractivity contribution < 1.29 is 9.59 Å². The van der Waals surface area contributed by atoms with Crippen molar-refractivity contribution >= 4 is 34.7 Å². The third-order valence-electron chi connectivity index (χ3n) is 3.79. The molecule has 0 radical (unpaired) electrons. The lowest BCUT2D eigenvalue weighted by Crippen LogP contribution is -2.49. The maximum Gasteiger partial charge on any atom is 0.276 e. The van der Waals surface area contributed by atoms with Crippen LogP contribution in [-0.2, 0) is 11.3 Å². The average Bonchev–Trinajstić information content (AvgIpc) is 3.34. The Balaban J connectivity index is 2.02. The molecule has 0 aliphatic carbocycles. The highest BCUT2D eigenvalue weighted by molar-refractivity contribution is 7.10. The summed E-state index contributed by atoms with van der Waals surface area (Å²) in [7, 11) is 0. The van der Waals surface area contributed by atoms with E-state index in [-0.39, 0.29) is 24.1 Å². The highest BCUT2D eigenvalue weighted by atomic mass is 32.1. The first-order valence-corrected chi connectivity index (χ1v) is 10.4. The van der Waals surface area contributed by atoms with Crippen LogP contribution >= 0.6 is 22.9 Å². The summed E-state index contributed by atoms with van der Waals surface area (Å²) in [4.78, 5) is 32.9. The molecular weight excluding hydrogens is 394 g/mol. The Hall–Kier alpha value is -2.65. The van der Waals surface area contributed by atoms with E-state index in [2.05, 4.69) is 19.9 Å². The average molecular weight is 416 g/mol. The lowest BCUT2D eigenvalue weighted by molar-refractivity contribution is -0.127. The number of hydrogen-bond donors (Lipinski definition) is 1. The first kappa shape index (κ1) is 20.1. The number of aromatic nitrogens is 3. The van der Waals surface area contributed by atoms with Gasteiger partial charge in [0, 0.05) is 34.7 Å². The Bertz CT molecular complexity index is 906. The van der Waals surface area contributed by atoms with E-state index in [0.717, 1.165) is 22.0 Å². The van der Waals surface area contributed by atoms with Gasteiger partial charge in [-0.3, -0.25) is 14.6 Å². The molecule has 3 aromatic rings. The van der Waals surface area contributed by atoms with Gasteiger partial charge in [0.15, 0.2) is 5.69 Å². The van der Waals surface area contributed by atoms with Gasteiger partial charge in [0.1, 0.15) is 6.04 Å². The normalized spacial score (nSPS) is 12.4. The molecule has 0 aromatic carbocycles. The van der Waals surface area contributed by atoms with Crippen LogP contribution in [0, 0.1) is 0 Å². The molecule has 3 rings (SSSR count). The summed E-state index contributed by atoms with van der Waals surface area (Å²) in [6.45, 7) is 5.96. The fraction of sp³-hybridized carbons (Fsp3) is 0.316. The minimum absolute atomic E-state index is 0.221. The Morgan fingerprint density at radius 1 is 1.25 bits per heavy atom. The molecule has 1 N–H and O–H groups in total. The standard InChI is InChI=1S/C19H21N5O2S2/c1-19(2,3)21-17(25)16(15-7-5-9-27-15)24(11-13-6-4-8-20-10-13)18(26)14-12-28-23-22-14/h4-10,12,16H,11H2,1-3H3,(H,21,25). The van der Waals surface area contributed by atoms with Crippen LogP contribution < -0.4 is 5.32 Å². The lowest BCUT2D eigenvalue weighted by atomic mass is 10.1. The largest absolute Gasteiger partial charge is 0.349 e. The van der Waals surface area contributed by atoms with E-state index in [1.54, 1.807) is 23.8 Å². The SMILES string of the molecule is CC(C)(C)NC(=O)C(c1cccs1)N(Cc1cccnc1)C(=O)c1csnn1. The maximum atomic E-state index is 13.3. The van der Waals surface area contributed by atoms with Gasteiger partial charge in [-0.15, -0.1) is 16.4 Å². The van der Waals surface area contributed by atoms with E-state index >= 15 is 0 Å². The minimum Gasteiger partial charge on any atom is -0.349 e. The first-order valence-electron chi connectivity index (χ1n) is 8.67. The highest BCUT2D eigenvalue weighted by Gasteiger charge is 2.35. The third kappa shape index (κ3) is 4.99. The van der Waals surface area contributed by atoms with E-state index in [0.29, 0.717) is 0 Å². The zero-order chi connectivity index (χ0) is 20.1. The van der Waals surface area contributed by atoms with Crippen LogP contribution in [0.25, 0.3) is 0 Å². The van der Waals surface area contributed by atoms with Crippen molar-refractivity contribution in [2.45, 2.75) is 38.9 Å². The Morgan fingerprint density at radius 2 is 2.07 bits per heavy atom. The number of rotatable bonds is 6. The van der Waals surface area contributed by atoms with Crippen molar-refractivity contribution in [1.29, 1.82) is 0 Å². The second kappa shape index (κ2) is 8.57. The van der Waals surface area contributed by atoms with E-state index in [9.17, 15) is 9.59 Å². The van der Waals surface area contributed by atoms with Crippen LogP contribution in [0.3, 0.4) is 0 Å². The van der Waals surface area contributed by atoms with Gasteiger partial charge in [-0.05, 0) is 55.4 Å². The zero-order valence-electron chi connectivity index (χ0n) is 15.8. The summed E-state index contributed by atoms with van der Waals surface area (Å²) >= 11 is 2.54. The molecule has 28 heavy (non-hydrogen) atoms. The minimum atomic E-state index is -0.784. The maximum absolute atomic E-state index is 13.3. The van der Waals surface area contributed by atoms with Crippen LogP contribution in [0.5, 0.6) is 0 Å². The number of nitrogens with one attached hydrogen (secondary N) is 1. The Kier molecular flexibility index (Phi) is 6.15. The second-order valence-electron chi connectivity index (χ2n) is 7.24. The lowest BCUT2D eigenvalue weighted by Gasteiger charge is -2.32. The molecule has 7 nitrogen and oxygen atoms in total. The van der Waals surface area contributed by atoms with Crippen molar-refractivity contribution in [2.24, 2.45) is 0 Å². The van der Waals surface area contributed by atoms with Gasteiger partial charge in [0.05, 0.1) is 0 Å². The highest BCUT2D eigenvalue weighted by Crippen LogP contribution is 2.29. The predicted octanol–water partition coefficient (Wildman–Crippen LogP) is 3.29. The second-order valence-corrected chi connectivity index (χ2v) is 8.83. The van der Waals surface area contributed by atoms with E-state index < -0.39 is 11.6 Å². The summed E-state index contributed by atoms with van der Waals surface area (Å²) in [6, 6.07) is 6.63. The molecule has 146 valence electrons. The number of amides is 2. The third-order valence-corrected chi connectivity index (χ3v) is 5.22. The van der Waals surface area contributed by atoms with Crippen molar-refractivity contribution in [3.8, 4) is 0 Å². The van der Waals surface area contributed by atoms with E-state index in [1.807, 2.05) is 44.4 Å². The summed E-state index contributed by atoms with van der Waals surface area (Å²) < 4.78 is 3.79. The van der Waals surface area contributed by atoms with Crippen molar-refractivity contribution in [2.75, 3.05) is 0 Å². The van der Waals surface area contributed by atoms with Gasteiger partial charge in [0.25, 0.3) is 5.91 Å². The summed E-state index contributed by atoms with van der Waals surface area (Å²) in [6.07, 6.45) is 3.36. The molecule has 0 saturated carbocycles. The first-order chi connectivity index (χ1) is 13.3. The number of carbonyl (C=O) groups is 2. The van der Waals surface area contributed by atoms with Gasteiger partial charge in [-0.2, -0.15) is 0 Å². The number of hydrogen-bond acceptors (Lipinski definition) is 7. The monoisotopic (exact) mass is 415 g/mol. The van der Waals surface area contributed by atoms with Gasteiger partial charge in [-0.1, -0.05) is 16.6 Å².